The predicted octanol–water partition coefficient (Wildman–Crippen LogP) is 2.75. The Balaban J connectivity index is 1.68. The molecule has 1 aromatic carbocycles. The van der Waals surface area contributed by atoms with Crippen LogP contribution < -0.4 is 5.32 Å². The summed E-state index contributed by atoms with van der Waals surface area (Å²) in [6, 6.07) is 5.50. The maximum Gasteiger partial charge on any atom is 0.225 e. The average molecular weight is 343 g/mol. The van der Waals surface area contributed by atoms with E-state index in [1.54, 1.807) is 6.07 Å². The summed E-state index contributed by atoms with van der Waals surface area (Å²) in [6.07, 6.45) is -0.140. The number of morpholine rings is 1. The largest absolute Gasteiger partial charge is 0.370 e. The lowest BCUT2D eigenvalue weighted by Crippen LogP contribution is -2.52. The number of benzene rings is 1. The van der Waals surface area contributed by atoms with Gasteiger partial charge in [-0.2, -0.15) is 0 Å². The Kier molecular flexibility index (Phi) is 4.93. The Hall–Kier alpha value is -0.810. The van der Waals surface area contributed by atoms with Crippen LogP contribution in [0.1, 0.15) is 18.6 Å². The van der Waals surface area contributed by atoms with E-state index in [2.05, 4.69) is 5.32 Å². The van der Waals surface area contributed by atoms with Crippen LogP contribution in [0.25, 0.3) is 0 Å². The zero-order valence-corrected chi connectivity index (χ0v) is 14.0. The Bertz CT molecular complexity index is 563. The van der Waals surface area contributed by atoms with E-state index in [-0.39, 0.29) is 17.9 Å². The van der Waals surface area contributed by atoms with Crippen LogP contribution in [-0.2, 0) is 9.53 Å². The summed E-state index contributed by atoms with van der Waals surface area (Å²) in [4.78, 5) is 14.5. The second kappa shape index (κ2) is 6.75. The van der Waals surface area contributed by atoms with Crippen LogP contribution in [-0.4, -0.2) is 43.6 Å². The highest BCUT2D eigenvalue weighted by atomic mass is 35.5. The van der Waals surface area contributed by atoms with Crippen molar-refractivity contribution in [2.24, 2.45) is 11.8 Å². The van der Waals surface area contributed by atoms with E-state index in [0.717, 1.165) is 18.7 Å². The van der Waals surface area contributed by atoms with Crippen molar-refractivity contribution in [2.75, 3.05) is 32.8 Å². The Morgan fingerprint density at radius 2 is 2.14 bits per heavy atom. The first-order valence-electron chi connectivity index (χ1n) is 7.62. The van der Waals surface area contributed by atoms with Gasteiger partial charge in [0.2, 0.25) is 5.91 Å². The number of nitrogens with zero attached hydrogens (tertiary/aromatic N) is 1. The molecule has 2 fully saturated rings. The lowest BCUT2D eigenvalue weighted by Gasteiger charge is -2.38. The first kappa shape index (κ1) is 16.1. The van der Waals surface area contributed by atoms with Gasteiger partial charge in [-0.15, -0.1) is 0 Å². The number of hydrogen-bond acceptors (Lipinski definition) is 3. The van der Waals surface area contributed by atoms with Crippen molar-refractivity contribution < 1.29 is 9.53 Å². The fourth-order valence-corrected chi connectivity index (χ4v) is 3.22. The van der Waals surface area contributed by atoms with Gasteiger partial charge in [0.15, 0.2) is 0 Å². The lowest BCUT2D eigenvalue weighted by molar-refractivity contribution is -0.145. The van der Waals surface area contributed by atoms with Crippen molar-refractivity contribution in [3.63, 3.8) is 0 Å². The third-order valence-corrected chi connectivity index (χ3v) is 5.34. The molecule has 0 spiro atoms. The van der Waals surface area contributed by atoms with Crippen molar-refractivity contribution in [2.45, 2.75) is 13.0 Å². The Labute approximate surface area is 140 Å². The monoisotopic (exact) mass is 342 g/mol. The zero-order valence-electron chi connectivity index (χ0n) is 12.5. The second-order valence-corrected chi connectivity index (χ2v) is 6.84. The van der Waals surface area contributed by atoms with Crippen LogP contribution in [0.4, 0.5) is 0 Å². The summed E-state index contributed by atoms with van der Waals surface area (Å²) in [5, 5.41) is 4.27. The summed E-state index contributed by atoms with van der Waals surface area (Å²) in [7, 11) is 0. The predicted molar refractivity (Wildman–Crippen MR) is 87.3 cm³/mol. The normalized spacial score (nSPS) is 24.0. The number of amides is 1. The molecule has 3 rings (SSSR count). The van der Waals surface area contributed by atoms with Gasteiger partial charge >= 0.3 is 0 Å². The molecule has 1 amide bonds. The maximum absolute atomic E-state index is 12.6. The molecule has 1 N–H and O–H groups in total. The third-order valence-electron chi connectivity index (χ3n) is 4.60. The van der Waals surface area contributed by atoms with Crippen LogP contribution in [0.5, 0.6) is 0 Å². The molecule has 1 aromatic rings. The Morgan fingerprint density at radius 1 is 1.36 bits per heavy atom. The molecule has 0 aromatic heterocycles. The van der Waals surface area contributed by atoms with Crippen LogP contribution in [0.2, 0.25) is 10.0 Å². The van der Waals surface area contributed by atoms with E-state index in [9.17, 15) is 4.79 Å². The van der Waals surface area contributed by atoms with E-state index in [1.165, 1.54) is 0 Å². The van der Waals surface area contributed by atoms with Gasteiger partial charge < -0.3 is 15.0 Å². The highest BCUT2D eigenvalue weighted by Gasteiger charge is 2.34. The molecular weight excluding hydrogens is 323 g/mol. The van der Waals surface area contributed by atoms with Crippen molar-refractivity contribution in [1.29, 1.82) is 0 Å². The maximum atomic E-state index is 12.6. The quantitative estimate of drug-likeness (QED) is 0.918. The SMILES string of the molecule is CC(C(=O)N1CCOC(c2ccc(Cl)c(Cl)c2)C1)C1CNC1. The number of hydrogen-bond donors (Lipinski definition) is 1. The molecule has 2 aliphatic rings. The molecule has 6 heteroatoms. The molecular formula is C16H20Cl2N2O2. The van der Waals surface area contributed by atoms with Gasteiger partial charge in [0, 0.05) is 12.5 Å². The summed E-state index contributed by atoms with van der Waals surface area (Å²) < 4.78 is 5.81. The van der Waals surface area contributed by atoms with Gasteiger partial charge in [0.05, 0.1) is 23.2 Å². The number of carbonyl (C=O) groups excluding carboxylic acids is 1. The van der Waals surface area contributed by atoms with Gasteiger partial charge in [-0.05, 0) is 36.7 Å². The summed E-state index contributed by atoms with van der Waals surface area (Å²) in [5.74, 6) is 0.743. The number of carbonyl (C=O) groups is 1. The van der Waals surface area contributed by atoms with Crippen molar-refractivity contribution in [3.8, 4) is 0 Å². The van der Waals surface area contributed by atoms with Crippen molar-refractivity contribution in [3.05, 3.63) is 33.8 Å². The number of rotatable bonds is 3. The molecule has 0 aliphatic carbocycles. The van der Waals surface area contributed by atoms with E-state index >= 15 is 0 Å². The van der Waals surface area contributed by atoms with Crippen LogP contribution >= 0.6 is 23.2 Å². The molecule has 2 saturated heterocycles. The summed E-state index contributed by atoms with van der Waals surface area (Å²) >= 11 is 12.0. The van der Waals surface area contributed by atoms with Crippen molar-refractivity contribution in [1.82, 2.24) is 10.2 Å². The van der Waals surface area contributed by atoms with E-state index in [1.807, 2.05) is 24.0 Å². The van der Waals surface area contributed by atoms with Gasteiger partial charge in [-0.3, -0.25) is 4.79 Å². The molecule has 2 aliphatic heterocycles. The first-order valence-corrected chi connectivity index (χ1v) is 8.38. The topological polar surface area (TPSA) is 41.6 Å². The molecule has 2 unspecified atom stereocenters. The minimum Gasteiger partial charge on any atom is -0.370 e. The van der Waals surface area contributed by atoms with Crippen LogP contribution in [0.15, 0.2) is 18.2 Å². The highest BCUT2D eigenvalue weighted by Crippen LogP contribution is 2.30. The minimum absolute atomic E-state index is 0.0637. The van der Waals surface area contributed by atoms with Gasteiger partial charge in [0.25, 0.3) is 0 Å². The van der Waals surface area contributed by atoms with Gasteiger partial charge in [0.1, 0.15) is 6.10 Å². The van der Waals surface area contributed by atoms with Gasteiger partial charge in [-0.25, -0.2) is 0 Å². The molecule has 0 bridgehead atoms. The van der Waals surface area contributed by atoms with Crippen molar-refractivity contribution >= 4 is 29.1 Å². The first-order chi connectivity index (χ1) is 10.6. The van der Waals surface area contributed by atoms with Crippen LogP contribution in [0.3, 0.4) is 0 Å². The third kappa shape index (κ3) is 3.25. The van der Waals surface area contributed by atoms with E-state index < -0.39 is 0 Å². The highest BCUT2D eigenvalue weighted by molar-refractivity contribution is 6.42. The number of nitrogens with one attached hydrogen (secondary N) is 1. The second-order valence-electron chi connectivity index (χ2n) is 6.02. The fraction of sp³-hybridized carbons (Fsp3) is 0.562. The number of ether oxygens (including phenoxy) is 1. The van der Waals surface area contributed by atoms with E-state index in [4.69, 9.17) is 27.9 Å². The standard InChI is InChI=1S/C16H20Cl2N2O2/c1-10(12-7-19-8-12)16(21)20-4-5-22-15(9-20)11-2-3-13(17)14(18)6-11/h2-3,6,10,12,15,19H,4-5,7-9H2,1H3. The lowest BCUT2D eigenvalue weighted by atomic mass is 9.87. The number of halogens is 2. The molecule has 0 radical (unpaired) electrons. The molecule has 120 valence electrons. The molecule has 2 heterocycles. The molecule has 2 atom stereocenters. The van der Waals surface area contributed by atoms with Gasteiger partial charge in [-0.1, -0.05) is 36.2 Å². The fourth-order valence-electron chi connectivity index (χ4n) is 2.92. The Morgan fingerprint density at radius 3 is 2.77 bits per heavy atom. The molecule has 0 saturated carbocycles. The average Bonchev–Trinajstić information content (AvgIpc) is 2.47. The minimum atomic E-state index is -0.140. The summed E-state index contributed by atoms with van der Waals surface area (Å²) in [5.41, 5.74) is 0.963. The zero-order chi connectivity index (χ0) is 15.7. The molecule has 22 heavy (non-hydrogen) atoms. The molecule has 4 nitrogen and oxygen atoms in total. The smallest absolute Gasteiger partial charge is 0.225 e. The van der Waals surface area contributed by atoms with E-state index in [0.29, 0.717) is 35.7 Å². The van der Waals surface area contributed by atoms with Crippen LogP contribution in [0, 0.1) is 11.8 Å². The summed E-state index contributed by atoms with van der Waals surface area (Å²) in [6.45, 7) is 5.67.